The zero-order valence-electron chi connectivity index (χ0n) is 10.4. The van der Waals surface area contributed by atoms with Gasteiger partial charge in [-0.3, -0.25) is 9.59 Å². The first-order valence-electron chi connectivity index (χ1n) is 6.01. The molecule has 0 saturated heterocycles. The first-order valence-corrected chi connectivity index (χ1v) is 6.80. The summed E-state index contributed by atoms with van der Waals surface area (Å²) in [5, 5.41) is 0. The van der Waals surface area contributed by atoms with E-state index in [1.54, 1.807) is 24.1 Å². The smallest absolute Gasteiger partial charge is 0.228 e. The van der Waals surface area contributed by atoms with E-state index in [1.165, 1.54) is 0 Å². The Morgan fingerprint density at radius 1 is 1.21 bits per heavy atom. The molecule has 1 aromatic rings. The highest BCUT2D eigenvalue weighted by atomic mass is 79.9. The number of amides is 1. The van der Waals surface area contributed by atoms with Crippen molar-refractivity contribution in [3.05, 3.63) is 52.5 Å². The van der Waals surface area contributed by atoms with E-state index in [4.69, 9.17) is 0 Å². The number of carbonyl (C=O) groups excluding carboxylic acids is 2. The summed E-state index contributed by atoms with van der Waals surface area (Å²) in [7, 11) is 1.78. The second-order valence-electron chi connectivity index (χ2n) is 4.90. The van der Waals surface area contributed by atoms with Crippen molar-refractivity contribution in [3.63, 3.8) is 0 Å². The van der Waals surface area contributed by atoms with Crippen LogP contribution in [0.15, 0.2) is 47.0 Å². The van der Waals surface area contributed by atoms with E-state index >= 15 is 0 Å². The van der Waals surface area contributed by atoms with E-state index in [-0.39, 0.29) is 11.7 Å². The molecule has 4 heteroatoms. The van der Waals surface area contributed by atoms with Gasteiger partial charge in [-0.25, -0.2) is 0 Å². The van der Waals surface area contributed by atoms with Crippen LogP contribution in [0, 0.1) is 0 Å². The Morgan fingerprint density at radius 2 is 1.89 bits per heavy atom. The summed E-state index contributed by atoms with van der Waals surface area (Å²) in [6.45, 7) is 0. The Kier molecular flexibility index (Phi) is 2.71. The van der Waals surface area contributed by atoms with E-state index in [2.05, 4.69) is 15.9 Å². The van der Waals surface area contributed by atoms with Crippen molar-refractivity contribution in [3.8, 4) is 0 Å². The molecule has 0 unspecified atom stereocenters. The maximum Gasteiger partial charge on any atom is 0.228 e. The molecule has 0 saturated carbocycles. The zero-order chi connectivity index (χ0) is 13.6. The highest BCUT2D eigenvalue weighted by molar-refractivity contribution is 9.10. The Bertz CT molecular complexity index is 630. The molecular formula is C15H12BrNO2. The first-order chi connectivity index (χ1) is 9.02. The predicted octanol–water partition coefficient (Wildman–Crippen LogP) is 2.75. The molecule has 0 N–H and O–H groups in total. The molecule has 1 aromatic carbocycles. The minimum Gasteiger partial charge on any atom is -0.315 e. The number of halogens is 1. The zero-order valence-corrected chi connectivity index (χ0v) is 12.0. The summed E-state index contributed by atoms with van der Waals surface area (Å²) in [5.41, 5.74) is 1.45. The van der Waals surface area contributed by atoms with E-state index in [0.29, 0.717) is 6.42 Å². The van der Waals surface area contributed by atoms with Gasteiger partial charge in [-0.15, -0.1) is 0 Å². The molecule has 1 amide bonds. The van der Waals surface area contributed by atoms with Crippen molar-refractivity contribution >= 4 is 33.3 Å². The molecule has 0 radical (unpaired) electrons. The first kappa shape index (κ1) is 12.4. The molecule has 1 aliphatic heterocycles. The van der Waals surface area contributed by atoms with Crippen LogP contribution in [0.3, 0.4) is 0 Å². The summed E-state index contributed by atoms with van der Waals surface area (Å²) in [5.74, 6) is 0.0204. The summed E-state index contributed by atoms with van der Waals surface area (Å²) in [6, 6.07) is 5.86. The lowest BCUT2D eigenvalue weighted by Gasteiger charge is -2.39. The predicted molar refractivity (Wildman–Crippen MR) is 77.1 cm³/mol. The van der Waals surface area contributed by atoms with Crippen molar-refractivity contribution in [2.24, 2.45) is 0 Å². The van der Waals surface area contributed by atoms with Crippen LogP contribution in [-0.4, -0.2) is 18.7 Å². The molecule has 1 heterocycles. The number of carbonyl (C=O) groups is 2. The normalized spacial score (nSPS) is 20.0. The van der Waals surface area contributed by atoms with Gasteiger partial charge in [0.15, 0.2) is 5.78 Å². The monoisotopic (exact) mass is 317 g/mol. The van der Waals surface area contributed by atoms with Crippen LogP contribution in [0.4, 0.5) is 5.69 Å². The van der Waals surface area contributed by atoms with E-state index in [0.717, 1.165) is 15.7 Å². The maximum absolute atomic E-state index is 12.2. The number of anilines is 1. The SMILES string of the molecule is CN1C(=O)CC2(C=CC(=O)C=C2)c2cc(Br)ccc21. The average Bonchev–Trinajstić information content (AvgIpc) is 2.39. The number of hydrogen-bond acceptors (Lipinski definition) is 2. The summed E-state index contributed by atoms with van der Waals surface area (Å²) < 4.78 is 0.965. The molecule has 2 aliphatic rings. The fraction of sp³-hybridized carbons (Fsp3) is 0.200. The van der Waals surface area contributed by atoms with Crippen LogP contribution in [0.1, 0.15) is 12.0 Å². The van der Waals surface area contributed by atoms with Gasteiger partial charge in [0.1, 0.15) is 0 Å². The molecule has 0 aromatic heterocycles. The molecule has 96 valence electrons. The number of rotatable bonds is 0. The number of benzene rings is 1. The number of fused-ring (bicyclic) bond motifs is 2. The van der Waals surface area contributed by atoms with Crippen LogP contribution < -0.4 is 4.90 Å². The van der Waals surface area contributed by atoms with Gasteiger partial charge in [0.05, 0.1) is 0 Å². The average molecular weight is 318 g/mol. The third-order valence-electron chi connectivity index (χ3n) is 3.73. The number of hydrogen-bond donors (Lipinski definition) is 0. The van der Waals surface area contributed by atoms with Crippen molar-refractivity contribution in [1.82, 2.24) is 0 Å². The molecular weight excluding hydrogens is 306 g/mol. The van der Waals surface area contributed by atoms with Gasteiger partial charge in [-0.2, -0.15) is 0 Å². The van der Waals surface area contributed by atoms with Crippen molar-refractivity contribution in [2.45, 2.75) is 11.8 Å². The van der Waals surface area contributed by atoms with Crippen LogP contribution in [0.25, 0.3) is 0 Å². The molecule has 0 fully saturated rings. The lowest BCUT2D eigenvalue weighted by Crippen LogP contribution is -2.41. The van der Waals surface area contributed by atoms with Crippen LogP contribution in [0.2, 0.25) is 0 Å². The van der Waals surface area contributed by atoms with E-state index in [1.807, 2.05) is 30.4 Å². The minimum atomic E-state index is -0.489. The lowest BCUT2D eigenvalue weighted by atomic mass is 9.72. The second-order valence-corrected chi connectivity index (χ2v) is 5.82. The Hall–Kier alpha value is -1.68. The van der Waals surface area contributed by atoms with Crippen LogP contribution in [-0.2, 0) is 15.0 Å². The Labute approximate surface area is 119 Å². The summed E-state index contributed by atoms with van der Waals surface area (Å²) in [4.78, 5) is 25.2. The largest absolute Gasteiger partial charge is 0.315 e. The van der Waals surface area contributed by atoms with Gasteiger partial charge in [-0.05, 0) is 35.9 Å². The molecule has 1 spiro atoms. The van der Waals surface area contributed by atoms with Crippen molar-refractivity contribution in [2.75, 3.05) is 11.9 Å². The van der Waals surface area contributed by atoms with E-state index < -0.39 is 5.41 Å². The van der Waals surface area contributed by atoms with Crippen LogP contribution >= 0.6 is 15.9 Å². The standard InChI is InChI=1S/C15H12BrNO2/c1-17-13-3-2-10(16)8-12(13)15(9-14(17)19)6-4-11(18)5-7-15/h2-8H,9H2,1H3. The molecule has 0 bridgehead atoms. The summed E-state index contributed by atoms with van der Waals surface area (Å²) in [6.07, 6.45) is 7.12. The second kappa shape index (κ2) is 4.17. The summed E-state index contributed by atoms with van der Waals surface area (Å²) >= 11 is 3.47. The van der Waals surface area contributed by atoms with Gasteiger partial charge in [0.2, 0.25) is 5.91 Å². The van der Waals surface area contributed by atoms with E-state index in [9.17, 15) is 9.59 Å². The fourth-order valence-corrected chi connectivity index (χ4v) is 3.00. The quantitative estimate of drug-likeness (QED) is 0.738. The number of nitrogens with zero attached hydrogens (tertiary/aromatic N) is 1. The molecule has 0 atom stereocenters. The van der Waals surface area contributed by atoms with Gasteiger partial charge < -0.3 is 4.90 Å². The van der Waals surface area contributed by atoms with Crippen LogP contribution in [0.5, 0.6) is 0 Å². The third-order valence-corrected chi connectivity index (χ3v) is 4.22. The Morgan fingerprint density at radius 3 is 2.58 bits per heavy atom. The fourth-order valence-electron chi connectivity index (χ4n) is 2.64. The van der Waals surface area contributed by atoms with Gasteiger partial charge >= 0.3 is 0 Å². The maximum atomic E-state index is 12.2. The minimum absolute atomic E-state index is 0.0338. The van der Waals surface area contributed by atoms with Gasteiger partial charge in [0, 0.05) is 29.0 Å². The molecule has 3 rings (SSSR count). The van der Waals surface area contributed by atoms with Gasteiger partial charge in [-0.1, -0.05) is 28.1 Å². The lowest BCUT2D eigenvalue weighted by molar-refractivity contribution is -0.119. The molecule has 3 nitrogen and oxygen atoms in total. The number of ketones is 1. The van der Waals surface area contributed by atoms with Crippen molar-refractivity contribution in [1.29, 1.82) is 0 Å². The molecule has 1 aliphatic carbocycles. The number of allylic oxidation sites excluding steroid dienone is 4. The highest BCUT2D eigenvalue weighted by Crippen LogP contribution is 2.44. The van der Waals surface area contributed by atoms with Crippen molar-refractivity contribution < 1.29 is 9.59 Å². The Balaban J connectivity index is 2.24. The van der Waals surface area contributed by atoms with Gasteiger partial charge in [0.25, 0.3) is 0 Å². The highest BCUT2D eigenvalue weighted by Gasteiger charge is 2.39. The molecule has 19 heavy (non-hydrogen) atoms. The third kappa shape index (κ3) is 1.87. The topological polar surface area (TPSA) is 37.4 Å².